The Bertz CT molecular complexity index is 315. The molecule has 14 heavy (non-hydrogen) atoms. The topological polar surface area (TPSA) is 17.1 Å². The van der Waals surface area contributed by atoms with Crippen LogP contribution >= 0.6 is 0 Å². The molecule has 74 valence electrons. The summed E-state index contributed by atoms with van der Waals surface area (Å²) >= 11 is 0. The third-order valence-electron chi connectivity index (χ3n) is 4.37. The first-order valence-corrected chi connectivity index (χ1v) is 5.63. The fourth-order valence-corrected chi connectivity index (χ4v) is 3.94. The standard InChI is InChI=1S/C13H16O/c1-2-3-8-7-11(14)13-10-5-4-9(6-10)12(8)13/h2,4-5,8-10,12-13H,1,3,6-7H2/t8-,9+,10+,12-,13-/m1/s1. The summed E-state index contributed by atoms with van der Waals surface area (Å²) in [4.78, 5) is 11.9. The highest BCUT2D eigenvalue weighted by Gasteiger charge is 2.54. The van der Waals surface area contributed by atoms with Gasteiger partial charge in [0.15, 0.2) is 0 Å². The van der Waals surface area contributed by atoms with Crippen LogP contribution in [-0.4, -0.2) is 5.78 Å². The molecule has 0 heterocycles. The number of carbonyl (C=O) groups is 1. The first-order chi connectivity index (χ1) is 6.81. The number of rotatable bonds is 2. The van der Waals surface area contributed by atoms with Gasteiger partial charge in [0.1, 0.15) is 5.78 Å². The number of carbonyl (C=O) groups excluding carboxylic acids is 1. The molecule has 1 heteroatoms. The second-order valence-electron chi connectivity index (χ2n) is 5.01. The van der Waals surface area contributed by atoms with Gasteiger partial charge in [0.25, 0.3) is 0 Å². The van der Waals surface area contributed by atoms with Crippen LogP contribution in [0, 0.1) is 29.6 Å². The number of Topliss-reactive ketones (excluding diaryl/α,β-unsaturated/α-hetero) is 1. The van der Waals surface area contributed by atoms with Crippen molar-refractivity contribution in [3.8, 4) is 0 Å². The highest BCUT2D eigenvalue weighted by Crippen LogP contribution is 2.56. The van der Waals surface area contributed by atoms with Crippen molar-refractivity contribution < 1.29 is 4.79 Å². The van der Waals surface area contributed by atoms with Gasteiger partial charge in [-0.2, -0.15) is 0 Å². The number of fused-ring (bicyclic) bond motifs is 5. The van der Waals surface area contributed by atoms with Crippen molar-refractivity contribution in [2.45, 2.75) is 19.3 Å². The Morgan fingerprint density at radius 1 is 1.43 bits per heavy atom. The summed E-state index contributed by atoms with van der Waals surface area (Å²) in [5.41, 5.74) is 0. The van der Waals surface area contributed by atoms with E-state index in [-0.39, 0.29) is 0 Å². The molecule has 0 aromatic carbocycles. The number of hydrogen-bond acceptors (Lipinski definition) is 1. The predicted octanol–water partition coefficient (Wildman–Crippen LogP) is 2.59. The van der Waals surface area contributed by atoms with E-state index >= 15 is 0 Å². The first kappa shape index (κ1) is 8.46. The van der Waals surface area contributed by atoms with Gasteiger partial charge in [-0.1, -0.05) is 18.2 Å². The van der Waals surface area contributed by atoms with Gasteiger partial charge in [-0.15, -0.1) is 6.58 Å². The Balaban J connectivity index is 1.91. The highest BCUT2D eigenvalue weighted by atomic mass is 16.1. The van der Waals surface area contributed by atoms with Gasteiger partial charge in [-0.05, 0) is 36.5 Å². The maximum atomic E-state index is 11.9. The predicted molar refractivity (Wildman–Crippen MR) is 55.6 cm³/mol. The second-order valence-corrected chi connectivity index (χ2v) is 5.01. The van der Waals surface area contributed by atoms with Crippen LogP contribution in [0.1, 0.15) is 19.3 Å². The zero-order valence-corrected chi connectivity index (χ0v) is 8.36. The fourth-order valence-electron chi connectivity index (χ4n) is 3.94. The van der Waals surface area contributed by atoms with Crippen molar-refractivity contribution in [2.24, 2.45) is 29.6 Å². The maximum Gasteiger partial charge on any atom is 0.137 e. The van der Waals surface area contributed by atoms with Crippen molar-refractivity contribution in [2.75, 3.05) is 0 Å². The summed E-state index contributed by atoms with van der Waals surface area (Å²) in [5.74, 6) is 3.47. The first-order valence-electron chi connectivity index (χ1n) is 5.63. The van der Waals surface area contributed by atoms with Gasteiger partial charge in [0.05, 0.1) is 0 Å². The Kier molecular flexibility index (Phi) is 1.70. The average molecular weight is 188 g/mol. The zero-order valence-electron chi connectivity index (χ0n) is 8.36. The van der Waals surface area contributed by atoms with Crippen molar-refractivity contribution in [3.05, 3.63) is 24.8 Å². The Labute approximate surface area is 84.9 Å². The average Bonchev–Trinajstić information content (AvgIpc) is 2.80. The van der Waals surface area contributed by atoms with Gasteiger partial charge in [-0.3, -0.25) is 4.79 Å². The molecule has 0 aromatic heterocycles. The van der Waals surface area contributed by atoms with Crippen LogP contribution in [-0.2, 0) is 4.79 Å². The van der Waals surface area contributed by atoms with E-state index in [0.717, 1.165) is 12.8 Å². The minimum atomic E-state index is 0.384. The summed E-state index contributed by atoms with van der Waals surface area (Å²) in [5, 5.41) is 0. The van der Waals surface area contributed by atoms with Crippen LogP contribution in [0.15, 0.2) is 24.8 Å². The fraction of sp³-hybridized carbons (Fsp3) is 0.615. The van der Waals surface area contributed by atoms with Crippen LogP contribution < -0.4 is 0 Å². The molecule has 0 aliphatic heterocycles. The second kappa shape index (κ2) is 2.82. The molecule has 0 spiro atoms. The summed E-state index contributed by atoms with van der Waals surface area (Å²) < 4.78 is 0. The third-order valence-corrected chi connectivity index (χ3v) is 4.37. The van der Waals surface area contributed by atoms with Gasteiger partial charge in [-0.25, -0.2) is 0 Å². The van der Waals surface area contributed by atoms with Crippen LogP contribution in [0.4, 0.5) is 0 Å². The van der Waals surface area contributed by atoms with E-state index in [1.165, 1.54) is 6.42 Å². The van der Waals surface area contributed by atoms with E-state index in [4.69, 9.17) is 0 Å². The van der Waals surface area contributed by atoms with E-state index in [1.807, 2.05) is 6.08 Å². The van der Waals surface area contributed by atoms with Crippen molar-refractivity contribution in [3.63, 3.8) is 0 Å². The van der Waals surface area contributed by atoms with E-state index in [9.17, 15) is 4.79 Å². The van der Waals surface area contributed by atoms with E-state index < -0.39 is 0 Å². The molecule has 3 rings (SSSR count). The zero-order chi connectivity index (χ0) is 9.71. The SMILES string of the molecule is C=CC[C@@H]1CC(=O)[C@@H]2[C@H]1[C@H]1C=C[C@H]2C1. The van der Waals surface area contributed by atoms with Crippen molar-refractivity contribution in [1.82, 2.24) is 0 Å². The Morgan fingerprint density at radius 3 is 3.00 bits per heavy atom. The molecule has 1 nitrogen and oxygen atoms in total. The molecule has 3 aliphatic rings. The van der Waals surface area contributed by atoms with Gasteiger partial charge in [0.2, 0.25) is 0 Å². The highest BCUT2D eigenvalue weighted by molar-refractivity contribution is 5.85. The molecular weight excluding hydrogens is 172 g/mol. The smallest absolute Gasteiger partial charge is 0.137 e. The lowest BCUT2D eigenvalue weighted by molar-refractivity contribution is -0.121. The Hall–Kier alpha value is -0.850. The molecular formula is C13H16O. The van der Waals surface area contributed by atoms with Crippen LogP contribution in [0.3, 0.4) is 0 Å². The number of ketones is 1. The van der Waals surface area contributed by atoms with E-state index in [2.05, 4.69) is 18.7 Å². The lowest BCUT2D eigenvalue weighted by atomic mass is 9.80. The minimum absolute atomic E-state index is 0.384. The summed E-state index contributed by atoms with van der Waals surface area (Å²) in [6, 6.07) is 0. The summed E-state index contributed by atoms with van der Waals surface area (Å²) in [6.45, 7) is 3.80. The molecule has 2 bridgehead atoms. The van der Waals surface area contributed by atoms with Crippen LogP contribution in [0.2, 0.25) is 0 Å². The lowest BCUT2D eigenvalue weighted by Crippen LogP contribution is -2.21. The van der Waals surface area contributed by atoms with Crippen LogP contribution in [0.5, 0.6) is 0 Å². The Morgan fingerprint density at radius 2 is 2.21 bits per heavy atom. The van der Waals surface area contributed by atoms with Gasteiger partial charge >= 0.3 is 0 Å². The molecule has 0 unspecified atom stereocenters. The van der Waals surface area contributed by atoms with Crippen LogP contribution in [0.25, 0.3) is 0 Å². The quantitative estimate of drug-likeness (QED) is 0.609. The molecule has 2 saturated carbocycles. The summed E-state index contributed by atoms with van der Waals surface area (Å²) in [7, 11) is 0. The number of hydrogen-bond donors (Lipinski definition) is 0. The molecule has 5 atom stereocenters. The van der Waals surface area contributed by atoms with E-state index in [0.29, 0.717) is 35.4 Å². The third kappa shape index (κ3) is 0.930. The molecule has 0 saturated heterocycles. The molecule has 0 aromatic rings. The molecule has 3 aliphatic carbocycles. The molecule has 0 amide bonds. The van der Waals surface area contributed by atoms with E-state index in [1.54, 1.807) is 0 Å². The number of allylic oxidation sites excluding steroid dienone is 3. The lowest BCUT2D eigenvalue weighted by Gasteiger charge is -2.23. The monoisotopic (exact) mass is 188 g/mol. The summed E-state index contributed by atoms with van der Waals surface area (Å²) in [6.07, 6.45) is 9.70. The van der Waals surface area contributed by atoms with Gasteiger partial charge in [0, 0.05) is 12.3 Å². The van der Waals surface area contributed by atoms with Crippen molar-refractivity contribution >= 4 is 5.78 Å². The van der Waals surface area contributed by atoms with Gasteiger partial charge < -0.3 is 0 Å². The maximum absolute atomic E-state index is 11.9. The van der Waals surface area contributed by atoms with Crippen molar-refractivity contribution in [1.29, 1.82) is 0 Å². The molecule has 0 radical (unpaired) electrons. The minimum Gasteiger partial charge on any atom is -0.299 e. The molecule has 0 N–H and O–H groups in total. The normalized spacial score (nSPS) is 48.6. The largest absolute Gasteiger partial charge is 0.299 e. The molecule has 2 fully saturated rings.